The van der Waals surface area contributed by atoms with Crippen molar-refractivity contribution in [1.82, 2.24) is 9.97 Å². The van der Waals surface area contributed by atoms with Crippen LogP contribution in [0.5, 0.6) is 0 Å². The fraction of sp³-hybridized carbons (Fsp3) is 0.0370. The molecular weight excluding hydrogens is 677 g/mol. The maximum atomic E-state index is 5.53. The highest BCUT2D eigenvalue weighted by Crippen LogP contribution is 2.55. The third kappa shape index (κ3) is 4.82. The Hall–Kier alpha value is -7.16. The minimum Gasteiger partial charge on any atom is -0.228 e. The quantitative estimate of drug-likeness (QED) is 0.131. The van der Waals surface area contributed by atoms with Crippen LogP contribution in [0.1, 0.15) is 23.6 Å². The summed E-state index contributed by atoms with van der Waals surface area (Å²) in [7, 11) is 0. The molecule has 2 heteroatoms. The first-order valence-electron chi connectivity index (χ1n) is 19.3. The number of fused-ring (bicyclic) bond motifs is 7. The number of rotatable bonds is 5. The van der Waals surface area contributed by atoms with E-state index in [1.54, 1.807) is 0 Å². The minimum absolute atomic E-state index is 0.394. The molecular formula is C54H36N2. The van der Waals surface area contributed by atoms with E-state index in [0.717, 1.165) is 28.1 Å². The fourth-order valence-electron chi connectivity index (χ4n) is 9.45. The van der Waals surface area contributed by atoms with Crippen LogP contribution in [0.3, 0.4) is 0 Å². The van der Waals surface area contributed by atoms with Crippen LogP contribution in [0.4, 0.5) is 0 Å². The summed E-state index contributed by atoms with van der Waals surface area (Å²) in [6, 6.07) is 72.2. The summed E-state index contributed by atoms with van der Waals surface area (Å²) in [5.74, 6) is 0.706. The lowest BCUT2D eigenvalue weighted by atomic mass is 9.72. The van der Waals surface area contributed by atoms with Crippen molar-refractivity contribution in [2.75, 3.05) is 0 Å². The molecule has 1 unspecified atom stereocenters. The van der Waals surface area contributed by atoms with Gasteiger partial charge in [-0.15, -0.1) is 0 Å². The lowest BCUT2D eigenvalue weighted by Crippen LogP contribution is -2.23. The first-order valence-corrected chi connectivity index (χ1v) is 19.3. The Bertz CT molecular complexity index is 3130. The van der Waals surface area contributed by atoms with Crippen molar-refractivity contribution < 1.29 is 0 Å². The largest absolute Gasteiger partial charge is 0.228 e. The number of hydrogen-bond acceptors (Lipinski definition) is 2. The van der Waals surface area contributed by atoms with E-state index in [4.69, 9.17) is 9.97 Å². The van der Waals surface area contributed by atoms with Gasteiger partial charge in [0.15, 0.2) is 5.82 Å². The summed E-state index contributed by atoms with van der Waals surface area (Å²) in [4.78, 5) is 11.0. The van der Waals surface area contributed by atoms with Crippen LogP contribution in [-0.2, 0) is 5.41 Å². The first-order chi connectivity index (χ1) is 27.7. The number of benzene rings is 9. The molecule has 0 aliphatic heterocycles. The van der Waals surface area contributed by atoms with Gasteiger partial charge in [-0.2, -0.15) is 0 Å². The minimum atomic E-state index is -0.394. The van der Waals surface area contributed by atoms with Crippen molar-refractivity contribution in [2.24, 2.45) is 0 Å². The molecule has 0 radical (unpaired) electrons. The van der Waals surface area contributed by atoms with Crippen LogP contribution < -0.4 is 0 Å². The van der Waals surface area contributed by atoms with Gasteiger partial charge in [-0.1, -0.05) is 194 Å². The molecule has 1 aliphatic carbocycles. The van der Waals surface area contributed by atoms with Crippen LogP contribution in [-0.4, -0.2) is 9.97 Å². The molecule has 0 spiro atoms. The highest BCUT2D eigenvalue weighted by Gasteiger charge is 2.42. The summed E-state index contributed by atoms with van der Waals surface area (Å²) in [5, 5.41) is 7.17. The monoisotopic (exact) mass is 712 g/mol. The van der Waals surface area contributed by atoms with Gasteiger partial charge in [0.05, 0.1) is 11.4 Å². The normalized spacial score (nSPS) is 14.6. The Morgan fingerprint density at radius 1 is 0.393 bits per heavy atom. The van der Waals surface area contributed by atoms with Gasteiger partial charge in [0.1, 0.15) is 0 Å². The maximum absolute atomic E-state index is 5.53. The smallest absolute Gasteiger partial charge is 0.160 e. The lowest BCUT2D eigenvalue weighted by molar-refractivity contribution is 0.715. The molecule has 11 rings (SSSR count). The topological polar surface area (TPSA) is 25.8 Å². The molecule has 0 bridgehead atoms. The van der Waals surface area contributed by atoms with Crippen LogP contribution in [0.2, 0.25) is 0 Å². The van der Waals surface area contributed by atoms with Crippen LogP contribution in [0.25, 0.3) is 88.5 Å². The average molecular weight is 713 g/mol. The summed E-state index contributed by atoms with van der Waals surface area (Å²) in [6.45, 7) is 2.38. The van der Waals surface area contributed by atoms with Crippen molar-refractivity contribution in [3.63, 3.8) is 0 Å². The molecule has 0 N–H and O–H groups in total. The standard InChI is InChI=1S/C54H36N2/c1-54(38-23-9-4-10-24-38)46-31-16-15-26-40(46)43-29-17-30-44(52(43)54)47-34-48(56-53(55-47)37-21-7-3-8-22-37)51-42-28-14-13-27-41(42)49(36-19-5-2-6-20-36)45-33-32-35-18-11-12-25-39(35)50(45)51/h2-34H,1H3. The summed E-state index contributed by atoms with van der Waals surface area (Å²) in [6.07, 6.45) is 0. The predicted molar refractivity (Wildman–Crippen MR) is 234 cm³/mol. The van der Waals surface area contributed by atoms with Crippen molar-refractivity contribution in [1.29, 1.82) is 0 Å². The first kappa shape index (κ1) is 32.3. The van der Waals surface area contributed by atoms with Gasteiger partial charge in [-0.3, -0.25) is 0 Å². The fourth-order valence-corrected chi connectivity index (χ4v) is 9.45. The summed E-state index contributed by atoms with van der Waals surface area (Å²) in [5.41, 5.74) is 13.4. The van der Waals surface area contributed by atoms with Crippen molar-refractivity contribution in [2.45, 2.75) is 12.3 Å². The van der Waals surface area contributed by atoms with Gasteiger partial charge in [0.25, 0.3) is 0 Å². The molecule has 2 nitrogen and oxygen atoms in total. The molecule has 1 aromatic heterocycles. The van der Waals surface area contributed by atoms with E-state index in [9.17, 15) is 0 Å². The Morgan fingerprint density at radius 3 is 1.73 bits per heavy atom. The molecule has 0 amide bonds. The zero-order valence-electron chi connectivity index (χ0n) is 30.9. The molecule has 9 aromatic carbocycles. The second-order valence-corrected chi connectivity index (χ2v) is 15.0. The molecule has 1 heterocycles. The highest BCUT2D eigenvalue weighted by molar-refractivity contribution is 6.27. The molecule has 0 saturated heterocycles. The summed E-state index contributed by atoms with van der Waals surface area (Å²) >= 11 is 0. The average Bonchev–Trinajstić information content (AvgIpc) is 3.55. The number of hydrogen-bond donors (Lipinski definition) is 0. The number of aromatic nitrogens is 2. The lowest BCUT2D eigenvalue weighted by Gasteiger charge is -2.30. The van der Waals surface area contributed by atoms with Gasteiger partial charge in [0.2, 0.25) is 0 Å². The zero-order valence-corrected chi connectivity index (χ0v) is 30.9. The van der Waals surface area contributed by atoms with Crippen LogP contribution in [0, 0.1) is 0 Å². The van der Waals surface area contributed by atoms with Gasteiger partial charge < -0.3 is 0 Å². The van der Waals surface area contributed by atoms with E-state index in [0.29, 0.717) is 5.82 Å². The van der Waals surface area contributed by atoms with Crippen molar-refractivity contribution in [3.8, 4) is 56.2 Å². The SMILES string of the molecule is CC1(c2ccccc2)c2ccccc2-c2cccc(-c3cc(-c4c5ccccc5c(-c5ccccc5)c5ccc6ccccc6c45)nc(-c4ccccc4)n3)c21. The Balaban J connectivity index is 1.28. The van der Waals surface area contributed by atoms with E-state index in [-0.39, 0.29) is 0 Å². The Morgan fingerprint density at radius 2 is 0.964 bits per heavy atom. The predicted octanol–water partition coefficient (Wildman–Crippen LogP) is 13.9. The van der Waals surface area contributed by atoms with Crippen molar-refractivity contribution in [3.05, 3.63) is 217 Å². The van der Waals surface area contributed by atoms with E-state index in [1.165, 1.54) is 71.3 Å². The molecule has 10 aromatic rings. The van der Waals surface area contributed by atoms with E-state index >= 15 is 0 Å². The Labute approximate surface area is 326 Å². The van der Waals surface area contributed by atoms with Gasteiger partial charge >= 0.3 is 0 Å². The van der Waals surface area contributed by atoms with Gasteiger partial charge in [-0.05, 0) is 78.9 Å². The third-order valence-electron chi connectivity index (χ3n) is 11.9. The number of nitrogens with zero attached hydrogens (tertiary/aromatic N) is 2. The molecule has 1 aliphatic rings. The zero-order chi connectivity index (χ0) is 37.2. The second-order valence-electron chi connectivity index (χ2n) is 15.0. The van der Waals surface area contributed by atoms with Crippen molar-refractivity contribution >= 4 is 32.3 Å². The molecule has 56 heavy (non-hydrogen) atoms. The molecule has 0 fully saturated rings. The van der Waals surface area contributed by atoms with Crippen LogP contribution in [0.15, 0.2) is 200 Å². The molecule has 1 atom stereocenters. The molecule has 0 saturated carbocycles. The summed E-state index contributed by atoms with van der Waals surface area (Å²) < 4.78 is 0. The van der Waals surface area contributed by atoms with Gasteiger partial charge in [-0.25, -0.2) is 9.97 Å². The highest BCUT2D eigenvalue weighted by atomic mass is 14.9. The molecule has 262 valence electrons. The second kappa shape index (κ2) is 12.7. The van der Waals surface area contributed by atoms with E-state index in [2.05, 4.69) is 207 Å². The van der Waals surface area contributed by atoms with E-state index in [1.807, 2.05) is 0 Å². The Kier molecular flexibility index (Phi) is 7.33. The van der Waals surface area contributed by atoms with Crippen LogP contribution >= 0.6 is 0 Å². The van der Waals surface area contributed by atoms with Gasteiger partial charge in [0, 0.05) is 27.5 Å². The van der Waals surface area contributed by atoms with E-state index < -0.39 is 5.41 Å². The maximum Gasteiger partial charge on any atom is 0.160 e. The third-order valence-corrected chi connectivity index (χ3v) is 11.9.